The number of ether oxygens (including phenoxy) is 1. The Labute approximate surface area is 180 Å². The molecule has 2 aromatic rings. The number of benzene rings is 1. The Morgan fingerprint density at radius 2 is 1.83 bits per heavy atom. The number of hydrogen-bond acceptors (Lipinski definition) is 5. The third kappa shape index (κ3) is 5.62. The summed E-state index contributed by atoms with van der Waals surface area (Å²) in [6.45, 7) is 10.5. The van der Waals surface area contributed by atoms with Crippen molar-refractivity contribution in [2.24, 2.45) is 0 Å². The molecule has 5 nitrogen and oxygen atoms in total. The zero-order valence-corrected chi connectivity index (χ0v) is 19.0. The minimum atomic E-state index is -0.0817. The van der Waals surface area contributed by atoms with Crippen LogP contribution in [0.3, 0.4) is 0 Å². The molecule has 1 aromatic carbocycles. The Morgan fingerprint density at radius 3 is 2.45 bits per heavy atom. The maximum Gasteiger partial charge on any atom is 0.257 e. The molecule has 1 aliphatic rings. The Bertz CT molecular complexity index is 866. The van der Waals surface area contributed by atoms with Crippen molar-refractivity contribution in [3.8, 4) is 10.4 Å². The molecule has 1 fully saturated rings. The van der Waals surface area contributed by atoms with Gasteiger partial charge in [0.05, 0.1) is 24.5 Å². The fourth-order valence-corrected chi connectivity index (χ4v) is 4.95. The van der Waals surface area contributed by atoms with E-state index in [2.05, 4.69) is 26.1 Å². The third-order valence-corrected chi connectivity index (χ3v) is 7.11. The number of amides is 2. The van der Waals surface area contributed by atoms with Crippen LogP contribution in [0.2, 0.25) is 0 Å². The van der Waals surface area contributed by atoms with Crippen molar-refractivity contribution in [3.63, 3.8) is 0 Å². The second-order valence-electron chi connectivity index (χ2n) is 7.98. The fraction of sp³-hybridized carbons (Fsp3) is 0.455. The van der Waals surface area contributed by atoms with Crippen LogP contribution < -0.4 is 5.32 Å². The van der Waals surface area contributed by atoms with E-state index in [1.54, 1.807) is 11.8 Å². The van der Waals surface area contributed by atoms with Gasteiger partial charge in [0, 0.05) is 22.7 Å². The smallest absolute Gasteiger partial charge is 0.257 e. The summed E-state index contributed by atoms with van der Waals surface area (Å²) < 4.78 is 5.39. The van der Waals surface area contributed by atoms with Crippen molar-refractivity contribution in [1.29, 1.82) is 0 Å². The van der Waals surface area contributed by atoms with Gasteiger partial charge in [0.25, 0.3) is 5.91 Å². The monoisotopic (exact) mass is 432 g/mol. The molecule has 1 aromatic heterocycles. The summed E-state index contributed by atoms with van der Waals surface area (Å²) in [7, 11) is 0. The van der Waals surface area contributed by atoms with Crippen LogP contribution in [-0.2, 0) is 9.53 Å². The molecular weight excluding hydrogens is 404 g/mol. The lowest BCUT2D eigenvalue weighted by molar-refractivity contribution is -0.113. The summed E-state index contributed by atoms with van der Waals surface area (Å²) in [6, 6.07) is 10.00. The van der Waals surface area contributed by atoms with Crippen molar-refractivity contribution in [2.45, 2.75) is 32.4 Å². The van der Waals surface area contributed by atoms with Crippen molar-refractivity contribution >= 4 is 39.9 Å². The van der Waals surface area contributed by atoms with E-state index in [9.17, 15) is 9.59 Å². The normalized spacial score (nSPS) is 14.7. The molecule has 3 rings (SSSR count). The van der Waals surface area contributed by atoms with Crippen LogP contribution in [0.25, 0.3) is 10.4 Å². The largest absolute Gasteiger partial charge is 0.378 e. The van der Waals surface area contributed by atoms with Gasteiger partial charge < -0.3 is 15.0 Å². The Morgan fingerprint density at radius 1 is 1.17 bits per heavy atom. The van der Waals surface area contributed by atoms with Crippen LogP contribution >= 0.6 is 23.1 Å². The van der Waals surface area contributed by atoms with Crippen molar-refractivity contribution in [2.75, 3.05) is 37.4 Å². The van der Waals surface area contributed by atoms with Crippen molar-refractivity contribution in [1.82, 2.24) is 4.90 Å². The summed E-state index contributed by atoms with van der Waals surface area (Å²) in [5, 5.41) is 3.65. The number of carbonyl (C=O) groups excluding carboxylic acids is 2. The van der Waals surface area contributed by atoms with Crippen LogP contribution in [0.5, 0.6) is 0 Å². The molecule has 2 amide bonds. The number of rotatable bonds is 5. The molecule has 0 atom stereocenters. The van der Waals surface area contributed by atoms with Crippen LogP contribution in [0.1, 0.15) is 36.7 Å². The lowest BCUT2D eigenvalue weighted by atomic mass is 10.1. The number of hydrogen-bond donors (Lipinski definition) is 1. The van der Waals surface area contributed by atoms with E-state index >= 15 is 0 Å². The average molecular weight is 433 g/mol. The fourth-order valence-electron chi connectivity index (χ4n) is 3.09. The number of morpholine rings is 1. The second-order valence-corrected chi connectivity index (χ2v) is 10.8. The van der Waals surface area contributed by atoms with E-state index in [0.717, 1.165) is 16.0 Å². The molecule has 29 heavy (non-hydrogen) atoms. The van der Waals surface area contributed by atoms with Gasteiger partial charge in [-0.15, -0.1) is 23.1 Å². The predicted octanol–water partition coefficient (Wildman–Crippen LogP) is 4.67. The number of thiophene rings is 1. The molecule has 7 heteroatoms. The first-order valence-corrected chi connectivity index (χ1v) is 11.6. The standard InChI is InChI=1S/C22H28N2O3S2/c1-15-18(21(26)24-10-12-27-13-11-24)20(23-17(25)14-28-22(2,3)4)29-19(15)16-8-6-5-7-9-16/h5-9H,10-14H2,1-4H3,(H,23,25). The van der Waals surface area contributed by atoms with E-state index < -0.39 is 0 Å². The van der Waals surface area contributed by atoms with E-state index in [1.807, 2.05) is 42.2 Å². The van der Waals surface area contributed by atoms with Gasteiger partial charge in [-0.05, 0) is 18.1 Å². The SMILES string of the molecule is Cc1c(-c2ccccc2)sc(NC(=O)CSC(C)(C)C)c1C(=O)N1CCOCC1. The highest BCUT2D eigenvalue weighted by Crippen LogP contribution is 2.40. The highest BCUT2D eigenvalue weighted by molar-refractivity contribution is 8.01. The van der Waals surface area contributed by atoms with Gasteiger partial charge in [0.2, 0.25) is 5.91 Å². The van der Waals surface area contributed by atoms with Gasteiger partial charge in [-0.1, -0.05) is 51.1 Å². The molecule has 0 spiro atoms. The molecule has 0 unspecified atom stereocenters. The Balaban J connectivity index is 1.92. The summed E-state index contributed by atoms with van der Waals surface area (Å²) >= 11 is 3.06. The average Bonchev–Trinajstić information content (AvgIpc) is 3.02. The van der Waals surface area contributed by atoms with Gasteiger partial charge >= 0.3 is 0 Å². The lowest BCUT2D eigenvalue weighted by Gasteiger charge is -2.27. The second kappa shape index (κ2) is 9.32. The van der Waals surface area contributed by atoms with E-state index in [-0.39, 0.29) is 16.6 Å². The molecular formula is C22H28N2O3S2. The molecule has 0 aliphatic carbocycles. The summed E-state index contributed by atoms with van der Waals surface area (Å²) in [5.74, 6) is 0.233. The van der Waals surface area contributed by atoms with Crippen molar-refractivity contribution < 1.29 is 14.3 Å². The molecule has 0 saturated carbocycles. The maximum atomic E-state index is 13.3. The number of thioether (sulfide) groups is 1. The number of anilines is 1. The van der Waals surface area contributed by atoms with Crippen LogP contribution in [0.15, 0.2) is 30.3 Å². The van der Waals surface area contributed by atoms with Crippen molar-refractivity contribution in [3.05, 3.63) is 41.5 Å². The quantitative estimate of drug-likeness (QED) is 0.746. The third-order valence-electron chi connectivity index (χ3n) is 4.58. The minimum Gasteiger partial charge on any atom is -0.378 e. The number of carbonyl (C=O) groups is 2. The van der Waals surface area contributed by atoms with Crippen LogP contribution in [0.4, 0.5) is 5.00 Å². The van der Waals surface area contributed by atoms with E-state index in [1.165, 1.54) is 11.3 Å². The number of nitrogens with one attached hydrogen (secondary N) is 1. The molecule has 0 bridgehead atoms. The molecule has 0 radical (unpaired) electrons. The predicted molar refractivity (Wildman–Crippen MR) is 122 cm³/mol. The molecule has 1 aliphatic heterocycles. The first-order valence-electron chi connectivity index (χ1n) is 9.76. The van der Waals surface area contributed by atoms with Crippen LogP contribution in [-0.4, -0.2) is 53.5 Å². The topological polar surface area (TPSA) is 58.6 Å². The first-order chi connectivity index (χ1) is 13.8. The maximum absolute atomic E-state index is 13.3. The van der Waals surface area contributed by atoms with Gasteiger partial charge in [-0.3, -0.25) is 9.59 Å². The Kier molecular flexibility index (Phi) is 7.03. The van der Waals surface area contributed by atoms with Gasteiger partial charge in [-0.25, -0.2) is 0 Å². The first kappa shape index (κ1) is 21.9. The molecule has 1 N–H and O–H groups in total. The van der Waals surface area contributed by atoms with Gasteiger partial charge in [-0.2, -0.15) is 0 Å². The lowest BCUT2D eigenvalue weighted by Crippen LogP contribution is -2.41. The van der Waals surface area contributed by atoms with Crippen LogP contribution in [0, 0.1) is 6.92 Å². The number of nitrogens with zero attached hydrogens (tertiary/aromatic N) is 1. The van der Waals surface area contributed by atoms with E-state index in [4.69, 9.17) is 4.74 Å². The van der Waals surface area contributed by atoms with Gasteiger partial charge in [0.1, 0.15) is 5.00 Å². The highest BCUT2D eigenvalue weighted by Gasteiger charge is 2.28. The summed E-state index contributed by atoms with van der Waals surface area (Å²) in [5.41, 5.74) is 2.57. The highest BCUT2D eigenvalue weighted by atomic mass is 32.2. The van der Waals surface area contributed by atoms with Gasteiger partial charge in [0.15, 0.2) is 0 Å². The molecule has 2 heterocycles. The molecule has 156 valence electrons. The zero-order chi connectivity index (χ0) is 21.0. The summed E-state index contributed by atoms with van der Waals surface area (Å²) in [6.07, 6.45) is 0. The minimum absolute atomic E-state index is 0.00432. The molecule has 1 saturated heterocycles. The van der Waals surface area contributed by atoms with E-state index in [0.29, 0.717) is 42.6 Å². The summed E-state index contributed by atoms with van der Waals surface area (Å²) in [4.78, 5) is 28.7. The Hall–Kier alpha value is -1.83. The zero-order valence-electron chi connectivity index (χ0n) is 17.4.